The molecule has 0 unspecified atom stereocenters. The minimum absolute atomic E-state index is 0.292. The molecular weight excluding hydrogens is 232 g/mol. The van der Waals surface area contributed by atoms with Crippen LogP contribution in [0.1, 0.15) is 52.9 Å². The zero-order chi connectivity index (χ0) is 14.1. The van der Waals surface area contributed by atoms with Crippen molar-refractivity contribution >= 4 is 5.84 Å². The maximum absolute atomic E-state index is 4.53. The van der Waals surface area contributed by atoms with Crippen LogP contribution in [0.3, 0.4) is 0 Å². The van der Waals surface area contributed by atoms with Crippen LogP contribution in [0.25, 0.3) is 0 Å². The van der Waals surface area contributed by atoms with Crippen LogP contribution in [0.2, 0.25) is 0 Å². The molecule has 106 valence electrons. The van der Waals surface area contributed by atoms with Crippen LogP contribution >= 0.6 is 0 Å². The fourth-order valence-corrected chi connectivity index (χ4v) is 2.57. The summed E-state index contributed by atoms with van der Waals surface area (Å²) in [5.41, 5.74) is 0.292. The van der Waals surface area contributed by atoms with Crippen molar-refractivity contribution in [3.8, 4) is 0 Å². The van der Waals surface area contributed by atoms with Crippen molar-refractivity contribution in [2.45, 2.75) is 58.4 Å². The lowest BCUT2D eigenvalue weighted by Crippen LogP contribution is -2.47. The molecule has 0 atom stereocenters. The average Bonchev–Trinajstić information content (AvgIpc) is 2.42. The number of aliphatic imine (C=N–C) groups is 1. The molecule has 2 nitrogen and oxygen atoms in total. The Hall–Kier alpha value is -1.31. The topological polar surface area (TPSA) is 15.6 Å². The zero-order valence-corrected chi connectivity index (χ0v) is 12.9. The predicted molar refractivity (Wildman–Crippen MR) is 85.5 cm³/mol. The number of hydrogen-bond donors (Lipinski definition) is 0. The van der Waals surface area contributed by atoms with Gasteiger partial charge in [0.1, 0.15) is 5.84 Å². The third-order valence-electron chi connectivity index (χ3n) is 4.10. The molecule has 19 heavy (non-hydrogen) atoms. The molecule has 0 bridgehead atoms. The van der Waals surface area contributed by atoms with E-state index in [2.05, 4.69) is 30.8 Å². The monoisotopic (exact) mass is 260 g/mol. The lowest BCUT2D eigenvalue weighted by molar-refractivity contribution is 0.161. The van der Waals surface area contributed by atoms with Gasteiger partial charge < -0.3 is 4.90 Å². The number of amidine groups is 1. The third kappa shape index (κ3) is 5.06. The summed E-state index contributed by atoms with van der Waals surface area (Å²) < 4.78 is 0. The molecule has 0 aromatic rings. The Balaban J connectivity index is 2.57. The summed E-state index contributed by atoms with van der Waals surface area (Å²) in [6, 6.07) is 0. The highest BCUT2D eigenvalue weighted by molar-refractivity contribution is 5.80. The van der Waals surface area contributed by atoms with Gasteiger partial charge in [0.05, 0.1) is 0 Å². The Bertz CT molecular complexity index is 369. The molecule has 0 aliphatic heterocycles. The quantitative estimate of drug-likeness (QED) is 0.406. The standard InChI is InChI=1S/C17H28N2/c1-5-6-7-8-12-15-18-16(2)19(4)17(3)13-10-9-11-14-17/h5-8,12,15H,9-11,13-14H2,1-4H3/b6-5-,8-7-,15-12+,18-16?. The van der Waals surface area contributed by atoms with Gasteiger partial charge >= 0.3 is 0 Å². The Labute approximate surface area is 118 Å². The second-order valence-electron chi connectivity index (χ2n) is 5.55. The van der Waals surface area contributed by atoms with Crippen LogP contribution < -0.4 is 0 Å². The largest absolute Gasteiger partial charge is 0.358 e. The first kappa shape index (κ1) is 15.7. The van der Waals surface area contributed by atoms with E-state index >= 15 is 0 Å². The van der Waals surface area contributed by atoms with Gasteiger partial charge in [0, 0.05) is 18.8 Å². The molecule has 1 fully saturated rings. The van der Waals surface area contributed by atoms with Gasteiger partial charge in [-0.3, -0.25) is 0 Å². The predicted octanol–water partition coefficient (Wildman–Crippen LogP) is 4.71. The first-order chi connectivity index (χ1) is 9.10. The Morgan fingerprint density at radius 2 is 1.68 bits per heavy atom. The lowest BCUT2D eigenvalue weighted by atomic mass is 9.82. The third-order valence-corrected chi connectivity index (χ3v) is 4.10. The van der Waals surface area contributed by atoms with E-state index in [-0.39, 0.29) is 0 Å². The van der Waals surface area contributed by atoms with E-state index in [9.17, 15) is 0 Å². The van der Waals surface area contributed by atoms with Crippen molar-refractivity contribution in [3.63, 3.8) is 0 Å². The molecule has 2 heteroatoms. The molecule has 1 rings (SSSR count). The highest BCUT2D eigenvalue weighted by Gasteiger charge is 2.31. The van der Waals surface area contributed by atoms with E-state index in [0.717, 1.165) is 5.84 Å². The Kier molecular flexibility index (Phi) is 6.61. The molecule has 0 aromatic heterocycles. The van der Waals surface area contributed by atoms with E-state index in [1.807, 2.05) is 43.5 Å². The molecule has 0 spiro atoms. The van der Waals surface area contributed by atoms with Crippen molar-refractivity contribution in [3.05, 3.63) is 36.6 Å². The van der Waals surface area contributed by atoms with Crippen LogP contribution in [0, 0.1) is 0 Å². The minimum atomic E-state index is 0.292. The number of nitrogens with zero attached hydrogens (tertiary/aromatic N) is 2. The van der Waals surface area contributed by atoms with Crippen LogP contribution in [-0.4, -0.2) is 23.3 Å². The number of rotatable bonds is 4. The van der Waals surface area contributed by atoms with Gasteiger partial charge in [-0.1, -0.05) is 43.6 Å². The number of allylic oxidation sites excluding steroid dienone is 5. The zero-order valence-electron chi connectivity index (χ0n) is 12.9. The summed E-state index contributed by atoms with van der Waals surface area (Å²) in [6.45, 7) is 6.47. The van der Waals surface area contributed by atoms with E-state index in [0.29, 0.717) is 5.54 Å². The SMILES string of the molecule is C\C=C/C=C\C=C\N=C(C)N(C)C1(C)CCCCC1. The molecule has 0 heterocycles. The van der Waals surface area contributed by atoms with E-state index in [1.54, 1.807) is 0 Å². The second kappa shape index (κ2) is 7.98. The minimum Gasteiger partial charge on any atom is -0.358 e. The molecule has 0 amide bonds. The molecule has 0 radical (unpaired) electrons. The average molecular weight is 260 g/mol. The highest BCUT2D eigenvalue weighted by Crippen LogP contribution is 2.32. The maximum atomic E-state index is 4.53. The first-order valence-corrected chi connectivity index (χ1v) is 7.33. The number of hydrogen-bond acceptors (Lipinski definition) is 1. The van der Waals surface area contributed by atoms with Crippen molar-refractivity contribution in [1.29, 1.82) is 0 Å². The molecule has 0 N–H and O–H groups in total. The molecule has 1 aliphatic rings. The summed E-state index contributed by atoms with van der Waals surface area (Å²) >= 11 is 0. The molecule has 1 aliphatic carbocycles. The van der Waals surface area contributed by atoms with E-state index in [4.69, 9.17) is 0 Å². The first-order valence-electron chi connectivity index (χ1n) is 7.33. The van der Waals surface area contributed by atoms with Gasteiger partial charge in [-0.15, -0.1) is 0 Å². The summed E-state index contributed by atoms with van der Waals surface area (Å²) in [7, 11) is 2.17. The van der Waals surface area contributed by atoms with E-state index < -0.39 is 0 Å². The van der Waals surface area contributed by atoms with E-state index in [1.165, 1.54) is 32.1 Å². The molecule has 0 aromatic carbocycles. The van der Waals surface area contributed by atoms with Crippen molar-refractivity contribution in [2.75, 3.05) is 7.05 Å². The molecular formula is C17H28N2. The smallest absolute Gasteiger partial charge is 0.101 e. The van der Waals surface area contributed by atoms with Gasteiger partial charge in [-0.05, 0) is 39.7 Å². The maximum Gasteiger partial charge on any atom is 0.101 e. The summed E-state index contributed by atoms with van der Waals surface area (Å²) in [5, 5.41) is 0. The summed E-state index contributed by atoms with van der Waals surface area (Å²) in [5.74, 6) is 1.10. The Morgan fingerprint density at radius 1 is 1.05 bits per heavy atom. The summed E-state index contributed by atoms with van der Waals surface area (Å²) in [6.07, 6.45) is 18.5. The molecule has 0 saturated heterocycles. The second-order valence-corrected chi connectivity index (χ2v) is 5.55. The van der Waals surface area contributed by atoms with Gasteiger partial charge in [-0.25, -0.2) is 4.99 Å². The van der Waals surface area contributed by atoms with Gasteiger partial charge in [-0.2, -0.15) is 0 Å². The van der Waals surface area contributed by atoms with Gasteiger partial charge in [0.25, 0.3) is 0 Å². The van der Waals surface area contributed by atoms with Gasteiger partial charge in [0.2, 0.25) is 0 Å². The van der Waals surface area contributed by atoms with Crippen LogP contribution in [0.4, 0.5) is 0 Å². The Morgan fingerprint density at radius 3 is 2.32 bits per heavy atom. The fraction of sp³-hybridized carbons (Fsp3) is 0.588. The molecule has 1 saturated carbocycles. The van der Waals surface area contributed by atoms with Crippen LogP contribution in [0.15, 0.2) is 41.6 Å². The van der Waals surface area contributed by atoms with Crippen LogP contribution in [-0.2, 0) is 0 Å². The van der Waals surface area contributed by atoms with Crippen molar-refractivity contribution < 1.29 is 0 Å². The van der Waals surface area contributed by atoms with Crippen LogP contribution in [0.5, 0.6) is 0 Å². The summed E-state index contributed by atoms with van der Waals surface area (Å²) in [4.78, 5) is 6.88. The normalized spacial score (nSPS) is 20.7. The lowest BCUT2D eigenvalue weighted by Gasteiger charge is -2.43. The van der Waals surface area contributed by atoms with Crippen molar-refractivity contribution in [1.82, 2.24) is 4.90 Å². The van der Waals surface area contributed by atoms with Crippen molar-refractivity contribution in [2.24, 2.45) is 4.99 Å². The highest BCUT2D eigenvalue weighted by atomic mass is 15.2. The fourth-order valence-electron chi connectivity index (χ4n) is 2.57. The van der Waals surface area contributed by atoms with Gasteiger partial charge in [0.15, 0.2) is 0 Å².